The van der Waals surface area contributed by atoms with E-state index in [2.05, 4.69) is 33.4 Å². The molecule has 1 fully saturated rings. The van der Waals surface area contributed by atoms with E-state index in [-0.39, 0.29) is 11.8 Å². The van der Waals surface area contributed by atoms with Gasteiger partial charge in [0.1, 0.15) is 0 Å². The summed E-state index contributed by atoms with van der Waals surface area (Å²) >= 11 is 5.13. The van der Waals surface area contributed by atoms with Crippen LogP contribution < -0.4 is 0 Å². The molecule has 90 valence electrons. The molecule has 0 radical (unpaired) electrons. The summed E-state index contributed by atoms with van der Waals surface area (Å²) in [6, 6.07) is 4.27. The molecule has 5 heteroatoms. The van der Waals surface area contributed by atoms with Crippen molar-refractivity contribution in [2.24, 2.45) is 5.92 Å². The van der Waals surface area contributed by atoms with Crippen LogP contribution in [0.3, 0.4) is 0 Å². The van der Waals surface area contributed by atoms with Crippen molar-refractivity contribution in [1.82, 2.24) is 4.90 Å². The highest BCUT2D eigenvalue weighted by atomic mass is 79.9. The highest BCUT2D eigenvalue weighted by Gasteiger charge is 2.25. The lowest BCUT2D eigenvalue weighted by Gasteiger charge is -2.28. The molecule has 1 atom stereocenters. The molecule has 0 bridgehead atoms. The fourth-order valence-corrected chi connectivity index (χ4v) is 3.40. The number of nitrogens with zero attached hydrogens (tertiary/aromatic N) is 2. The van der Waals surface area contributed by atoms with Crippen molar-refractivity contribution in [2.45, 2.75) is 19.3 Å². The van der Waals surface area contributed by atoms with Crippen LogP contribution in [-0.4, -0.2) is 23.9 Å². The second kappa shape index (κ2) is 5.65. The summed E-state index contributed by atoms with van der Waals surface area (Å²) in [5.74, 6) is 0.0491. The van der Waals surface area contributed by atoms with Crippen LogP contribution >= 0.6 is 27.3 Å². The lowest BCUT2D eigenvalue weighted by atomic mass is 9.98. The van der Waals surface area contributed by atoms with Gasteiger partial charge in [0.15, 0.2) is 0 Å². The number of hydrogen-bond acceptors (Lipinski definition) is 3. The van der Waals surface area contributed by atoms with E-state index < -0.39 is 0 Å². The maximum Gasteiger partial charge on any atom is 0.223 e. The number of halogens is 1. The van der Waals surface area contributed by atoms with Gasteiger partial charge in [0, 0.05) is 34.2 Å². The molecule has 1 saturated heterocycles. The molecule has 17 heavy (non-hydrogen) atoms. The van der Waals surface area contributed by atoms with Gasteiger partial charge in [-0.15, -0.1) is 11.3 Å². The SMILES string of the molecule is N#CC1CCN(CCc2cc(Br)cs2)C(=O)C1. The highest BCUT2D eigenvalue weighted by molar-refractivity contribution is 9.10. The molecule has 2 rings (SSSR count). The summed E-state index contributed by atoms with van der Waals surface area (Å²) in [5, 5.41) is 10.8. The van der Waals surface area contributed by atoms with Gasteiger partial charge < -0.3 is 4.90 Å². The molecule has 0 saturated carbocycles. The Kier molecular flexibility index (Phi) is 4.19. The van der Waals surface area contributed by atoms with E-state index in [9.17, 15) is 4.79 Å². The molecule has 1 aromatic rings. The summed E-state index contributed by atoms with van der Waals surface area (Å²) in [7, 11) is 0. The van der Waals surface area contributed by atoms with Crippen LogP contribution in [0.1, 0.15) is 17.7 Å². The van der Waals surface area contributed by atoms with Gasteiger partial charge in [-0.1, -0.05) is 0 Å². The number of hydrogen-bond donors (Lipinski definition) is 0. The van der Waals surface area contributed by atoms with Crippen molar-refractivity contribution in [3.63, 3.8) is 0 Å². The average molecular weight is 313 g/mol. The molecule has 0 spiro atoms. The predicted octanol–water partition coefficient (Wildman–Crippen LogP) is 2.82. The monoisotopic (exact) mass is 312 g/mol. The minimum absolute atomic E-state index is 0.0744. The molecule has 1 unspecified atom stereocenters. The van der Waals surface area contributed by atoms with E-state index >= 15 is 0 Å². The minimum atomic E-state index is -0.0744. The number of rotatable bonds is 3. The van der Waals surface area contributed by atoms with E-state index in [1.807, 2.05) is 4.90 Å². The van der Waals surface area contributed by atoms with Crippen LogP contribution in [0.25, 0.3) is 0 Å². The Labute approximate surface area is 113 Å². The zero-order chi connectivity index (χ0) is 12.3. The minimum Gasteiger partial charge on any atom is -0.342 e. The summed E-state index contributed by atoms with van der Waals surface area (Å²) in [5.41, 5.74) is 0. The van der Waals surface area contributed by atoms with Gasteiger partial charge in [-0.25, -0.2) is 0 Å². The second-order valence-electron chi connectivity index (χ2n) is 4.18. The van der Waals surface area contributed by atoms with Gasteiger partial charge in [0.2, 0.25) is 5.91 Å². The largest absolute Gasteiger partial charge is 0.342 e. The van der Waals surface area contributed by atoms with Crippen LogP contribution in [-0.2, 0) is 11.2 Å². The molecule has 0 N–H and O–H groups in total. The first-order valence-corrected chi connectivity index (χ1v) is 7.26. The van der Waals surface area contributed by atoms with Crippen molar-refractivity contribution in [2.75, 3.05) is 13.1 Å². The Morgan fingerprint density at radius 2 is 2.47 bits per heavy atom. The Hall–Kier alpha value is -0.860. The van der Waals surface area contributed by atoms with E-state index in [0.717, 1.165) is 30.4 Å². The topological polar surface area (TPSA) is 44.1 Å². The van der Waals surface area contributed by atoms with E-state index in [4.69, 9.17) is 5.26 Å². The summed E-state index contributed by atoms with van der Waals surface area (Å²) in [6.45, 7) is 1.49. The van der Waals surface area contributed by atoms with Crippen molar-refractivity contribution in [3.8, 4) is 6.07 Å². The number of amides is 1. The third kappa shape index (κ3) is 3.30. The van der Waals surface area contributed by atoms with Crippen LogP contribution in [0, 0.1) is 17.2 Å². The molecule has 1 aliphatic heterocycles. The number of piperidine rings is 1. The quantitative estimate of drug-likeness (QED) is 0.861. The number of carbonyl (C=O) groups excluding carboxylic acids is 1. The molecular weight excluding hydrogens is 300 g/mol. The smallest absolute Gasteiger partial charge is 0.223 e. The van der Waals surface area contributed by atoms with Crippen molar-refractivity contribution < 1.29 is 4.79 Å². The molecule has 3 nitrogen and oxygen atoms in total. The Morgan fingerprint density at radius 1 is 1.65 bits per heavy atom. The lowest BCUT2D eigenvalue weighted by molar-refractivity contribution is -0.134. The first kappa shape index (κ1) is 12.6. The summed E-state index contributed by atoms with van der Waals surface area (Å²) < 4.78 is 1.10. The van der Waals surface area contributed by atoms with Gasteiger partial charge in [0.25, 0.3) is 0 Å². The fraction of sp³-hybridized carbons (Fsp3) is 0.500. The Morgan fingerprint density at radius 3 is 3.06 bits per heavy atom. The zero-order valence-electron chi connectivity index (χ0n) is 9.36. The molecular formula is C12H13BrN2OS. The Bertz CT molecular complexity index is 452. The maximum absolute atomic E-state index is 11.8. The number of carbonyl (C=O) groups is 1. The molecule has 0 aliphatic carbocycles. The maximum atomic E-state index is 11.8. The first-order valence-electron chi connectivity index (χ1n) is 5.59. The van der Waals surface area contributed by atoms with Gasteiger partial charge in [0.05, 0.1) is 12.0 Å². The van der Waals surface area contributed by atoms with E-state index in [1.54, 1.807) is 11.3 Å². The predicted molar refractivity (Wildman–Crippen MR) is 70.6 cm³/mol. The van der Waals surface area contributed by atoms with Crippen molar-refractivity contribution >= 4 is 33.2 Å². The Balaban J connectivity index is 1.84. The third-order valence-electron chi connectivity index (χ3n) is 2.95. The number of likely N-dealkylation sites (tertiary alicyclic amines) is 1. The molecule has 1 amide bonds. The molecule has 1 aliphatic rings. The van der Waals surface area contributed by atoms with Crippen molar-refractivity contribution in [1.29, 1.82) is 5.26 Å². The highest BCUT2D eigenvalue weighted by Crippen LogP contribution is 2.22. The summed E-state index contributed by atoms with van der Waals surface area (Å²) in [4.78, 5) is 14.9. The number of nitriles is 1. The van der Waals surface area contributed by atoms with E-state index in [1.165, 1.54) is 4.88 Å². The molecule has 1 aromatic heterocycles. The van der Waals surface area contributed by atoms with Crippen molar-refractivity contribution in [3.05, 3.63) is 20.8 Å². The normalized spacial score (nSPS) is 20.4. The average Bonchev–Trinajstić information content (AvgIpc) is 2.73. The molecule has 2 heterocycles. The second-order valence-corrected chi connectivity index (χ2v) is 6.09. The van der Waals surface area contributed by atoms with Gasteiger partial charge in [-0.05, 0) is 34.8 Å². The van der Waals surface area contributed by atoms with Gasteiger partial charge in [-0.3, -0.25) is 4.79 Å². The van der Waals surface area contributed by atoms with Gasteiger partial charge in [-0.2, -0.15) is 5.26 Å². The standard InChI is InChI=1S/C12H13BrN2OS/c13-10-6-11(17-8-10)2-4-15-3-1-9(7-14)5-12(15)16/h6,8-9H,1-5H2. The summed E-state index contributed by atoms with van der Waals surface area (Å²) in [6.07, 6.45) is 2.11. The first-order chi connectivity index (χ1) is 8.19. The van der Waals surface area contributed by atoms with Crippen LogP contribution in [0.2, 0.25) is 0 Å². The lowest BCUT2D eigenvalue weighted by Crippen LogP contribution is -2.39. The zero-order valence-corrected chi connectivity index (χ0v) is 11.8. The van der Waals surface area contributed by atoms with E-state index in [0.29, 0.717) is 6.42 Å². The van der Waals surface area contributed by atoms with Crippen LogP contribution in [0.15, 0.2) is 15.9 Å². The van der Waals surface area contributed by atoms with Gasteiger partial charge >= 0.3 is 0 Å². The fourth-order valence-electron chi connectivity index (χ4n) is 1.96. The van der Waals surface area contributed by atoms with Crippen LogP contribution in [0.4, 0.5) is 0 Å². The third-order valence-corrected chi connectivity index (χ3v) is 4.71. The number of thiophene rings is 1. The molecule has 0 aromatic carbocycles. The van der Waals surface area contributed by atoms with Crippen LogP contribution in [0.5, 0.6) is 0 Å².